The fourth-order valence-electron chi connectivity index (χ4n) is 2.41. The zero-order valence-corrected chi connectivity index (χ0v) is 8.92. The SMILES string of the molecule is C=CCN1C(=O)NC(=N)C12CCN(C)C2. The van der Waals surface area contributed by atoms with Gasteiger partial charge < -0.3 is 9.80 Å². The van der Waals surface area contributed by atoms with Crippen molar-refractivity contribution in [3.63, 3.8) is 0 Å². The molecule has 0 aromatic heterocycles. The molecule has 82 valence electrons. The number of hydrogen-bond donors (Lipinski definition) is 2. The van der Waals surface area contributed by atoms with Crippen molar-refractivity contribution in [3.05, 3.63) is 12.7 Å². The number of carbonyl (C=O) groups is 1. The number of likely N-dealkylation sites (tertiary alicyclic amines) is 1. The number of carbonyl (C=O) groups excluding carboxylic acids is 1. The Morgan fingerprint density at radius 2 is 2.47 bits per heavy atom. The Hall–Kier alpha value is -1.36. The van der Waals surface area contributed by atoms with E-state index in [1.165, 1.54) is 0 Å². The van der Waals surface area contributed by atoms with E-state index in [9.17, 15) is 4.79 Å². The van der Waals surface area contributed by atoms with Crippen molar-refractivity contribution < 1.29 is 4.79 Å². The lowest BCUT2D eigenvalue weighted by atomic mass is 9.96. The molecule has 2 amide bonds. The highest BCUT2D eigenvalue weighted by Gasteiger charge is 2.52. The van der Waals surface area contributed by atoms with Crippen LogP contribution in [0.15, 0.2) is 12.7 Å². The van der Waals surface area contributed by atoms with E-state index in [4.69, 9.17) is 5.41 Å². The summed E-state index contributed by atoms with van der Waals surface area (Å²) < 4.78 is 0. The lowest BCUT2D eigenvalue weighted by molar-refractivity contribution is 0.184. The molecule has 0 aromatic carbocycles. The molecule has 1 unspecified atom stereocenters. The van der Waals surface area contributed by atoms with Crippen LogP contribution in [0.2, 0.25) is 0 Å². The first kappa shape index (κ1) is 10.2. The molecule has 2 fully saturated rings. The van der Waals surface area contributed by atoms with E-state index >= 15 is 0 Å². The first-order valence-electron chi connectivity index (χ1n) is 5.07. The van der Waals surface area contributed by atoms with Gasteiger partial charge in [0.25, 0.3) is 0 Å². The minimum absolute atomic E-state index is 0.171. The summed E-state index contributed by atoms with van der Waals surface area (Å²) in [6, 6.07) is -0.171. The van der Waals surface area contributed by atoms with E-state index in [1.54, 1.807) is 11.0 Å². The standard InChI is InChI=1S/C10H16N4O/c1-3-5-14-9(15)12-8(11)10(14)4-6-13(2)7-10/h3H,1,4-7H2,2H3,(H2,11,12,15). The minimum Gasteiger partial charge on any atom is -0.307 e. The molecule has 2 saturated heterocycles. The third-order valence-corrected chi connectivity index (χ3v) is 3.21. The van der Waals surface area contributed by atoms with E-state index in [2.05, 4.69) is 16.8 Å². The maximum Gasteiger partial charge on any atom is 0.323 e. The molecule has 5 nitrogen and oxygen atoms in total. The lowest BCUT2D eigenvalue weighted by Gasteiger charge is -2.31. The van der Waals surface area contributed by atoms with E-state index in [-0.39, 0.29) is 6.03 Å². The predicted molar refractivity (Wildman–Crippen MR) is 58.0 cm³/mol. The molecule has 0 aromatic rings. The Kier molecular flexibility index (Phi) is 2.26. The van der Waals surface area contributed by atoms with Crippen molar-refractivity contribution in [1.82, 2.24) is 15.1 Å². The number of amidine groups is 1. The molecule has 2 heterocycles. The number of likely N-dealkylation sites (N-methyl/N-ethyl adjacent to an activating group) is 1. The molecule has 15 heavy (non-hydrogen) atoms. The Morgan fingerprint density at radius 1 is 1.73 bits per heavy atom. The number of urea groups is 1. The van der Waals surface area contributed by atoms with Crippen LogP contribution in [-0.2, 0) is 0 Å². The number of hydrogen-bond acceptors (Lipinski definition) is 3. The summed E-state index contributed by atoms with van der Waals surface area (Å²) in [4.78, 5) is 15.5. The lowest BCUT2D eigenvalue weighted by Crippen LogP contribution is -2.51. The topological polar surface area (TPSA) is 59.4 Å². The van der Waals surface area contributed by atoms with Crippen molar-refractivity contribution in [2.24, 2.45) is 0 Å². The van der Waals surface area contributed by atoms with E-state index in [0.717, 1.165) is 19.5 Å². The monoisotopic (exact) mass is 208 g/mol. The van der Waals surface area contributed by atoms with Crippen LogP contribution in [0.3, 0.4) is 0 Å². The Bertz CT molecular complexity index is 327. The zero-order chi connectivity index (χ0) is 11.1. The zero-order valence-electron chi connectivity index (χ0n) is 8.92. The highest BCUT2D eigenvalue weighted by Crippen LogP contribution is 2.31. The summed E-state index contributed by atoms with van der Waals surface area (Å²) in [6.07, 6.45) is 2.53. The van der Waals surface area contributed by atoms with Gasteiger partial charge in [0.1, 0.15) is 11.4 Å². The van der Waals surface area contributed by atoms with Gasteiger partial charge in [-0.1, -0.05) is 6.08 Å². The molecule has 0 saturated carbocycles. The average molecular weight is 208 g/mol. The largest absolute Gasteiger partial charge is 0.323 e. The van der Waals surface area contributed by atoms with Gasteiger partial charge in [-0.2, -0.15) is 0 Å². The Balaban J connectivity index is 2.30. The summed E-state index contributed by atoms with van der Waals surface area (Å²) in [5.41, 5.74) is -0.431. The first-order valence-corrected chi connectivity index (χ1v) is 5.07. The third kappa shape index (κ3) is 1.34. The minimum atomic E-state index is -0.431. The number of nitrogens with zero attached hydrogens (tertiary/aromatic N) is 2. The molecule has 0 aliphatic carbocycles. The van der Waals surface area contributed by atoms with Gasteiger partial charge in [-0.15, -0.1) is 6.58 Å². The van der Waals surface area contributed by atoms with Gasteiger partial charge in [-0.3, -0.25) is 10.7 Å². The molecule has 2 aliphatic heterocycles. The third-order valence-electron chi connectivity index (χ3n) is 3.21. The van der Waals surface area contributed by atoms with Crippen LogP contribution in [0.1, 0.15) is 6.42 Å². The first-order chi connectivity index (χ1) is 7.10. The molecule has 2 N–H and O–H groups in total. The molecular formula is C10H16N4O. The summed E-state index contributed by atoms with van der Waals surface area (Å²) in [7, 11) is 2.01. The average Bonchev–Trinajstić information content (AvgIpc) is 2.65. The molecular weight excluding hydrogens is 192 g/mol. The number of rotatable bonds is 2. The fourth-order valence-corrected chi connectivity index (χ4v) is 2.41. The molecule has 2 rings (SSSR count). The van der Waals surface area contributed by atoms with Gasteiger partial charge in [0.15, 0.2) is 0 Å². The maximum atomic E-state index is 11.7. The maximum absolute atomic E-state index is 11.7. The summed E-state index contributed by atoms with van der Waals surface area (Å²) >= 11 is 0. The van der Waals surface area contributed by atoms with Crippen molar-refractivity contribution in [2.45, 2.75) is 12.0 Å². The Morgan fingerprint density at radius 3 is 3.00 bits per heavy atom. The molecule has 0 radical (unpaired) electrons. The van der Waals surface area contributed by atoms with Crippen molar-refractivity contribution in [2.75, 3.05) is 26.7 Å². The molecule has 2 aliphatic rings. The second-order valence-electron chi connectivity index (χ2n) is 4.22. The number of amides is 2. The second kappa shape index (κ2) is 3.34. The Labute approximate surface area is 89.2 Å². The normalized spacial score (nSPS) is 31.4. The van der Waals surface area contributed by atoms with E-state index < -0.39 is 5.54 Å². The van der Waals surface area contributed by atoms with Gasteiger partial charge >= 0.3 is 6.03 Å². The van der Waals surface area contributed by atoms with Crippen LogP contribution in [-0.4, -0.2) is 53.9 Å². The van der Waals surface area contributed by atoms with Crippen LogP contribution in [0.4, 0.5) is 4.79 Å². The molecule has 0 bridgehead atoms. The van der Waals surface area contributed by atoms with Crippen LogP contribution in [0.5, 0.6) is 0 Å². The smallest absolute Gasteiger partial charge is 0.307 e. The van der Waals surface area contributed by atoms with Gasteiger partial charge in [0, 0.05) is 19.6 Å². The van der Waals surface area contributed by atoms with E-state index in [1.807, 2.05) is 7.05 Å². The molecule has 5 heteroatoms. The van der Waals surface area contributed by atoms with Gasteiger partial charge in [0.2, 0.25) is 0 Å². The van der Waals surface area contributed by atoms with Crippen LogP contribution < -0.4 is 5.32 Å². The van der Waals surface area contributed by atoms with Crippen molar-refractivity contribution >= 4 is 11.9 Å². The molecule has 1 spiro atoms. The highest BCUT2D eigenvalue weighted by molar-refractivity contribution is 6.08. The quantitative estimate of drug-likeness (QED) is 0.639. The fraction of sp³-hybridized carbons (Fsp3) is 0.600. The van der Waals surface area contributed by atoms with Crippen molar-refractivity contribution in [3.8, 4) is 0 Å². The van der Waals surface area contributed by atoms with Gasteiger partial charge in [-0.25, -0.2) is 4.79 Å². The van der Waals surface area contributed by atoms with Crippen LogP contribution in [0.25, 0.3) is 0 Å². The summed E-state index contributed by atoms with van der Waals surface area (Å²) in [5, 5.41) is 10.5. The molecule has 1 atom stereocenters. The number of nitrogens with one attached hydrogen (secondary N) is 2. The predicted octanol–water partition coefficient (Wildman–Crippen LogP) is 0.249. The van der Waals surface area contributed by atoms with Crippen LogP contribution in [0, 0.1) is 5.41 Å². The van der Waals surface area contributed by atoms with Crippen LogP contribution >= 0.6 is 0 Å². The second-order valence-corrected chi connectivity index (χ2v) is 4.22. The van der Waals surface area contributed by atoms with Gasteiger partial charge in [-0.05, 0) is 13.5 Å². The summed E-state index contributed by atoms with van der Waals surface area (Å²) in [5.74, 6) is 0.332. The van der Waals surface area contributed by atoms with Crippen molar-refractivity contribution in [1.29, 1.82) is 5.41 Å². The van der Waals surface area contributed by atoms with E-state index in [0.29, 0.717) is 12.4 Å². The highest BCUT2D eigenvalue weighted by atomic mass is 16.2. The van der Waals surface area contributed by atoms with Gasteiger partial charge in [0.05, 0.1) is 0 Å². The summed E-state index contributed by atoms with van der Waals surface area (Å²) in [6.45, 7) is 5.81.